The average molecular weight is 158 g/mol. The van der Waals surface area contributed by atoms with E-state index in [0.29, 0.717) is 6.61 Å². The van der Waals surface area contributed by atoms with Crippen LogP contribution in [0.5, 0.6) is 0 Å². The molecule has 0 atom stereocenters. The second kappa shape index (κ2) is 4.07. The number of rotatable bonds is 3. The van der Waals surface area contributed by atoms with E-state index in [-0.39, 0.29) is 0 Å². The molecule has 0 heterocycles. The van der Waals surface area contributed by atoms with Gasteiger partial charge in [0.1, 0.15) is 0 Å². The first-order valence-corrected chi connectivity index (χ1v) is 4.48. The molecule has 2 nitrogen and oxygen atoms in total. The predicted molar refractivity (Wildman–Crippen MR) is 44.5 cm³/mol. The van der Waals surface area contributed by atoms with Crippen molar-refractivity contribution in [2.24, 2.45) is 0 Å². The van der Waals surface area contributed by atoms with Crippen molar-refractivity contribution in [3.63, 3.8) is 0 Å². The monoisotopic (exact) mass is 158 g/mol. The summed E-state index contributed by atoms with van der Waals surface area (Å²) in [6.07, 6.45) is 6.39. The summed E-state index contributed by atoms with van der Waals surface area (Å²) in [7, 11) is 1.69. The highest BCUT2D eigenvalue weighted by Gasteiger charge is 2.28. The van der Waals surface area contributed by atoms with Crippen LogP contribution in [0.25, 0.3) is 0 Å². The van der Waals surface area contributed by atoms with Gasteiger partial charge in [0.25, 0.3) is 0 Å². The molecule has 1 rings (SSSR count). The maximum atomic E-state index is 9.92. The Morgan fingerprint density at radius 2 is 1.91 bits per heavy atom. The summed E-state index contributed by atoms with van der Waals surface area (Å²) in [6.45, 7) is 0.691. The standard InChI is InChI=1S/C9H18O2/c1-11-8-7-9(10)5-3-2-4-6-9/h10H,2-8H2,1H3. The van der Waals surface area contributed by atoms with Gasteiger partial charge in [-0.05, 0) is 19.3 Å². The van der Waals surface area contributed by atoms with E-state index in [1.54, 1.807) is 7.11 Å². The molecule has 1 aliphatic rings. The van der Waals surface area contributed by atoms with Crippen molar-refractivity contribution in [1.29, 1.82) is 0 Å². The summed E-state index contributed by atoms with van der Waals surface area (Å²) < 4.78 is 4.95. The van der Waals surface area contributed by atoms with Crippen LogP contribution in [-0.2, 0) is 4.74 Å². The molecule has 0 aromatic rings. The highest BCUT2D eigenvalue weighted by atomic mass is 16.5. The van der Waals surface area contributed by atoms with Crippen LogP contribution >= 0.6 is 0 Å². The molecule has 1 saturated carbocycles. The zero-order valence-corrected chi connectivity index (χ0v) is 7.31. The molecular weight excluding hydrogens is 140 g/mol. The van der Waals surface area contributed by atoms with E-state index in [2.05, 4.69) is 0 Å². The Bertz CT molecular complexity index is 106. The summed E-state index contributed by atoms with van der Waals surface area (Å²) >= 11 is 0. The third kappa shape index (κ3) is 2.80. The molecule has 0 saturated heterocycles. The second-order valence-electron chi connectivity index (χ2n) is 3.53. The Morgan fingerprint density at radius 1 is 1.27 bits per heavy atom. The van der Waals surface area contributed by atoms with Gasteiger partial charge in [0, 0.05) is 13.7 Å². The van der Waals surface area contributed by atoms with Crippen LogP contribution in [0.2, 0.25) is 0 Å². The summed E-state index contributed by atoms with van der Waals surface area (Å²) in [6, 6.07) is 0. The topological polar surface area (TPSA) is 29.5 Å². The molecule has 1 aliphatic carbocycles. The Balaban J connectivity index is 2.25. The van der Waals surface area contributed by atoms with E-state index in [4.69, 9.17) is 4.74 Å². The zero-order valence-electron chi connectivity index (χ0n) is 7.31. The predicted octanol–water partition coefficient (Wildman–Crippen LogP) is 1.72. The van der Waals surface area contributed by atoms with Gasteiger partial charge in [-0.25, -0.2) is 0 Å². The van der Waals surface area contributed by atoms with Crippen LogP contribution in [-0.4, -0.2) is 24.4 Å². The first-order chi connectivity index (χ1) is 5.27. The minimum absolute atomic E-state index is 0.395. The first kappa shape index (κ1) is 9.01. The van der Waals surface area contributed by atoms with Gasteiger partial charge >= 0.3 is 0 Å². The van der Waals surface area contributed by atoms with Crippen molar-refractivity contribution in [1.82, 2.24) is 0 Å². The van der Waals surface area contributed by atoms with Gasteiger partial charge in [-0.15, -0.1) is 0 Å². The Labute approximate surface area is 68.6 Å². The lowest BCUT2D eigenvalue weighted by Gasteiger charge is -2.31. The van der Waals surface area contributed by atoms with Crippen LogP contribution < -0.4 is 0 Å². The third-order valence-corrected chi connectivity index (χ3v) is 2.56. The first-order valence-electron chi connectivity index (χ1n) is 4.48. The van der Waals surface area contributed by atoms with E-state index in [1.165, 1.54) is 19.3 Å². The lowest BCUT2D eigenvalue weighted by molar-refractivity contribution is -0.0214. The van der Waals surface area contributed by atoms with Crippen LogP contribution in [0.1, 0.15) is 38.5 Å². The van der Waals surface area contributed by atoms with Gasteiger partial charge in [-0.2, -0.15) is 0 Å². The smallest absolute Gasteiger partial charge is 0.0669 e. The number of hydrogen-bond acceptors (Lipinski definition) is 2. The molecule has 0 unspecified atom stereocenters. The number of aliphatic hydroxyl groups is 1. The quantitative estimate of drug-likeness (QED) is 0.677. The third-order valence-electron chi connectivity index (χ3n) is 2.56. The summed E-state index contributed by atoms with van der Waals surface area (Å²) in [5, 5.41) is 9.92. The molecule has 0 aromatic carbocycles. The van der Waals surface area contributed by atoms with Crippen molar-refractivity contribution >= 4 is 0 Å². The SMILES string of the molecule is COCCC1(O)CCCCC1. The molecule has 0 aromatic heterocycles. The van der Waals surface area contributed by atoms with Crippen LogP contribution in [0.15, 0.2) is 0 Å². The van der Waals surface area contributed by atoms with Gasteiger partial charge in [0.05, 0.1) is 5.60 Å². The van der Waals surface area contributed by atoms with Gasteiger partial charge < -0.3 is 9.84 Å². The Hall–Kier alpha value is -0.0800. The second-order valence-corrected chi connectivity index (χ2v) is 3.53. The molecule has 11 heavy (non-hydrogen) atoms. The van der Waals surface area contributed by atoms with E-state index in [1.807, 2.05) is 0 Å². The van der Waals surface area contributed by atoms with Crippen LogP contribution in [0, 0.1) is 0 Å². The van der Waals surface area contributed by atoms with Crippen LogP contribution in [0.3, 0.4) is 0 Å². The molecule has 0 aliphatic heterocycles. The van der Waals surface area contributed by atoms with Crippen LogP contribution in [0.4, 0.5) is 0 Å². The maximum Gasteiger partial charge on any atom is 0.0669 e. The number of ether oxygens (including phenoxy) is 1. The molecule has 0 radical (unpaired) electrons. The molecule has 66 valence electrons. The largest absolute Gasteiger partial charge is 0.390 e. The lowest BCUT2D eigenvalue weighted by atomic mass is 9.83. The Morgan fingerprint density at radius 3 is 2.45 bits per heavy atom. The lowest BCUT2D eigenvalue weighted by Crippen LogP contribution is -2.32. The highest BCUT2D eigenvalue weighted by Crippen LogP contribution is 2.30. The summed E-state index contributed by atoms with van der Waals surface area (Å²) in [5.74, 6) is 0. The van der Waals surface area contributed by atoms with Crippen molar-refractivity contribution in [3.05, 3.63) is 0 Å². The fraction of sp³-hybridized carbons (Fsp3) is 1.00. The molecule has 2 heteroatoms. The molecule has 1 N–H and O–H groups in total. The molecular formula is C9H18O2. The van der Waals surface area contributed by atoms with Crippen molar-refractivity contribution in [2.75, 3.05) is 13.7 Å². The van der Waals surface area contributed by atoms with Gasteiger partial charge in [0.15, 0.2) is 0 Å². The number of methoxy groups -OCH3 is 1. The molecule has 1 fully saturated rings. The van der Waals surface area contributed by atoms with Gasteiger partial charge in [0.2, 0.25) is 0 Å². The molecule has 0 spiro atoms. The van der Waals surface area contributed by atoms with E-state index in [9.17, 15) is 5.11 Å². The minimum atomic E-state index is -0.395. The molecule has 0 amide bonds. The van der Waals surface area contributed by atoms with E-state index < -0.39 is 5.60 Å². The van der Waals surface area contributed by atoms with Gasteiger partial charge in [-0.1, -0.05) is 19.3 Å². The van der Waals surface area contributed by atoms with E-state index in [0.717, 1.165) is 19.3 Å². The zero-order chi connectivity index (χ0) is 8.16. The minimum Gasteiger partial charge on any atom is -0.390 e. The summed E-state index contributed by atoms with van der Waals surface area (Å²) in [4.78, 5) is 0. The fourth-order valence-electron chi connectivity index (χ4n) is 1.75. The average Bonchev–Trinajstić information content (AvgIpc) is 2.03. The van der Waals surface area contributed by atoms with E-state index >= 15 is 0 Å². The fourth-order valence-corrected chi connectivity index (χ4v) is 1.75. The Kier molecular flexibility index (Phi) is 3.34. The highest BCUT2D eigenvalue weighted by molar-refractivity contribution is 4.81. The van der Waals surface area contributed by atoms with Crippen molar-refractivity contribution in [2.45, 2.75) is 44.1 Å². The van der Waals surface area contributed by atoms with Crippen molar-refractivity contribution < 1.29 is 9.84 Å². The van der Waals surface area contributed by atoms with Gasteiger partial charge in [-0.3, -0.25) is 0 Å². The molecule has 0 bridgehead atoms. The number of hydrogen-bond donors (Lipinski definition) is 1. The maximum absolute atomic E-state index is 9.92. The summed E-state index contributed by atoms with van der Waals surface area (Å²) in [5.41, 5.74) is -0.395. The normalized spacial score (nSPS) is 23.5. The van der Waals surface area contributed by atoms with Crippen molar-refractivity contribution in [3.8, 4) is 0 Å².